The van der Waals surface area contributed by atoms with Crippen LogP contribution in [0.4, 0.5) is 10.1 Å². The number of pyridine rings is 2. The van der Waals surface area contributed by atoms with E-state index in [1.54, 1.807) is 42.6 Å². The van der Waals surface area contributed by atoms with Gasteiger partial charge in [0.1, 0.15) is 5.75 Å². The summed E-state index contributed by atoms with van der Waals surface area (Å²) < 4.78 is 19.0. The van der Waals surface area contributed by atoms with Gasteiger partial charge in [0.25, 0.3) is 5.88 Å². The van der Waals surface area contributed by atoms with Gasteiger partial charge in [0.2, 0.25) is 0 Å². The first-order chi connectivity index (χ1) is 10.6. The predicted octanol–water partition coefficient (Wildman–Crippen LogP) is 4.73. The lowest BCUT2D eigenvalue weighted by molar-refractivity contribution is 0.423. The van der Waals surface area contributed by atoms with Crippen molar-refractivity contribution in [1.29, 1.82) is 0 Å². The van der Waals surface area contributed by atoms with Crippen LogP contribution in [0.2, 0.25) is 5.02 Å². The van der Waals surface area contributed by atoms with Gasteiger partial charge < -0.3 is 10.5 Å². The highest BCUT2D eigenvalue weighted by molar-refractivity contribution is 6.30. The van der Waals surface area contributed by atoms with Crippen LogP contribution in [-0.4, -0.2) is 9.97 Å². The molecule has 3 rings (SSSR count). The molecule has 1 aromatic carbocycles. The molecule has 2 aromatic heterocycles. The van der Waals surface area contributed by atoms with E-state index in [1.807, 2.05) is 0 Å². The Morgan fingerprint density at radius 1 is 1.09 bits per heavy atom. The molecule has 0 spiro atoms. The van der Waals surface area contributed by atoms with Crippen LogP contribution < -0.4 is 10.5 Å². The maximum Gasteiger partial charge on any atom is 0.255 e. The quantitative estimate of drug-likeness (QED) is 0.740. The highest BCUT2D eigenvalue weighted by Crippen LogP contribution is 2.28. The van der Waals surface area contributed by atoms with E-state index in [4.69, 9.17) is 22.1 Å². The standard InChI is InChI=1S/C16H11ClFN3O.ClH/c17-11-8-13(18)16(21-9-11)22-12-5-3-10(4-6-12)15-14(19)2-1-7-20-15;/h1-9H,19H2;1H. The highest BCUT2D eigenvalue weighted by Gasteiger charge is 2.08. The molecule has 0 atom stereocenters. The second kappa shape index (κ2) is 7.26. The van der Waals surface area contributed by atoms with Gasteiger partial charge in [0, 0.05) is 18.0 Å². The van der Waals surface area contributed by atoms with Crippen LogP contribution in [-0.2, 0) is 0 Å². The summed E-state index contributed by atoms with van der Waals surface area (Å²) >= 11 is 5.65. The minimum atomic E-state index is -0.620. The van der Waals surface area contributed by atoms with Crippen LogP contribution in [0.5, 0.6) is 11.6 Å². The normalized spacial score (nSPS) is 10.0. The molecule has 7 heteroatoms. The number of halogens is 3. The van der Waals surface area contributed by atoms with Crippen molar-refractivity contribution in [2.24, 2.45) is 0 Å². The molecule has 0 amide bonds. The second-order valence-corrected chi connectivity index (χ2v) is 4.94. The largest absolute Gasteiger partial charge is 0.436 e. The molecule has 0 radical (unpaired) electrons. The molecule has 0 aliphatic rings. The zero-order valence-corrected chi connectivity index (χ0v) is 13.3. The minimum absolute atomic E-state index is 0. The molecular weight excluding hydrogens is 340 g/mol. The van der Waals surface area contributed by atoms with Crippen molar-refractivity contribution in [3.8, 4) is 22.9 Å². The van der Waals surface area contributed by atoms with E-state index in [2.05, 4.69) is 9.97 Å². The maximum atomic E-state index is 13.6. The molecule has 3 aromatic rings. The number of aromatic nitrogens is 2. The third kappa shape index (κ3) is 3.88. The zero-order chi connectivity index (χ0) is 15.5. The average molecular weight is 352 g/mol. The number of nitrogens with zero attached hydrogens (tertiary/aromatic N) is 2. The van der Waals surface area contributed by atoms with Crippen LogP contribution in [0.1, 0.15) is 0 Å². The van der Waals surface area contributed by atoms with Gasteiger partial charge in [-0.15, -0.1) is 12.4 Å². The van der Waals surface area contributed by atoms with Gasteiger partial charge in [-0.25, -0.2) is 9.37 Å². The number of ether oxygens (including phenoxy) is 1. The molecule has 0 bridgehead atoms. The van der Waals surface area contributed by atoms with Crippen LogP contribution in [0, 0.1) is 5.82 Å². The molecule has 23 heavy (non-hydrogen) atoms. The summed E-state index contributed by atoms with van der Waals surface area (Å²) in [7, 11) is 0. The Bertz CT molecular complexity index is 813. The number of nitrogens with two attached hydrogens (primary N) is 1. The molecule has 0 unspecified atom stereocenters. The fourth-order valence-electron chi connectivity index (χ4n) is 1.93. The Hall–Kier alpha value is -2.37. The molecule has 2 N–H and O–H groups in total. The number of nitrogen functional groups attached to an aromatic ring is 1. The second-order valence-electron chi connectivity index (χ2n) is 4.51. The lowest BCUT2D eigenvalue weighted by atomic mass is 10.1. The molecule has 4 nitrogen and oxygen atoms in total. The van der Waals surface area contributed by atoms with Gasteiger partial charge in [-0.3, -0.25) is 4.98 Å². The first kappa shape index (κ1) is 17.0. The minimum Gasteiger partial charge on any atom is -0.436 e. The molecule has 0 aliphatic heterocycles. The van der Waals surface area contributed by atoms with Gasteiger partial charge in [-0.05, 0) is 42.5 Å². The Kier molecular flexibility index (Phi) is 5.36. The molecule has 0 saturated carbocycles. The van der Waals surface area contributed by atoms with Gasteiger partial charge in [-0.2, -0.15) is 0 Å². The van der Waals surface area contributed by atoms with Gasteiger partial charge >= 0.3 is 0 Å². The van der Waals surface area contributed by atoms with E-state index in [0.717, 1.165) is 11.6 Å². The maximum absolute atomic E-state index is 13.6. The Morgan fingerprint density at radius 2 is 1.83 bits per heavy atom. The number of hydrogen-bond acceptors (Lipinski definition) is 4. The summed E-state index contributed by atoms with van der Waals surface area (Å²) in [4.78, 5) is 8.04. The Labute approximate surface area is 143 Å². The lowest BCUT2D eigenvalue weighted by Gasteiger charge is -2.08. The third-order valence-electron chi connectivity index (χ3n) is 2.96. The molecular formula is C16H12Cl2FN3O. The number of hydrogen-bond donors (Lipinski definition) is 1. The summed E-state index contributed by atoms with van der Waals surface area (Å²) in [6.45, 7) is 0. The van der Waals surface area contributed by atoms with Gasteiger partial charge in [0.15, 0.2) is 5.82 Å². The van der Waals surface area contributed by atoms with Gasteiger partial charge in [0.05, 0.1) is 16.4 Å². The predicted molar refractivity (Wildman–Crippen MR) is 90.6 cm³/mol. The number of rotatable bonds is 3. The molecule has 118 valence electrons. The van der Waals surface area contributed by atoms with E-state index < -0.39 is 5.82 Å². The zero-order valence-electron chi connectivity index (χ0n) is 11.7. The van der Waals surface area contributed by atoms with Crippen LogP contribution in [0.25, 0.3) is 11.3 Å². The fourth-order valence-corrected chi connectivity index (χ4v) is 2.07. The molecule has 0 aliphatic carbocycles. The third-order valence-corrected chi connectivity index (χ3v) is 3.16. The SMILES string of the molecule is Cl.Nc1cccnc1-c1ccc(Oc2ncc(Cl)cc2F)cc1. The first-order valence-electron chi connectivity index (χ1n) is 6.43. The summed E-state index contributed by atoms with van der Waals surface area (Å²) in [6, 6.07) is 11.7. The van der Waals surface area contributed by atoms with Crippen LogP contribution >= 0.6 is 24.0 Å². The van der Waals surface area contributed by atoms with Crippen molar-refractivity contribution in [3.63, 3.8) is 0 Å². The van der Waals surface area contributed by atoms with Crippen molar-refractivity contribution >= 4 is 29.7 Å². The monoisotopic (exact) mass is 351 g/mol. The van der Waals surface area contributed by atoms with E-state index in [-0.39, 0.29) is 23.3 Å². The molecule has 0 saturated heterocycles. The molecule has 0 fully saturated rings. The number of benzene rings is 1. The summed E-state index contributed by atoms with van der Waals surface area (Å²) in [6.07, 6.45) is 2.99. The molecule has 2 heterocycles. The Balaban J connectivity index is 0.00000192. The van der Waals surface area contributed by atoms with Crippen LogP contribution in [0.15, 0.2) is 54.9 Å². The average Bonchev–Trinajstić information content (AvgIpc) is 2.51. The summed E-state index contributed by atoms with van der Waals surface area (Å²) in [5.74, 6) is -0.299. The topological polar surface area (TPSA) is 61.0 Å². The van der Waals surface area contributed by atoms with E-state index >= 15 is 0 Å². The summed E-state index contributed by atoms with van der Waals surface area (Å²) in [5, 5.41) is 0.214. The first-order valence-corrected chi connectivity index (χ1v) is 6.81. The van der Waals surface area contributed by atoms with E-state index in [0.29, 0.717) is 17.1 Å². The van der Waals surface area contributed by atoms with Crippen molar-refractivity contribution < 1.29 is 9.13 Å². The van der Waals surface area contributed by atoms with Crippen molar-refractivity contribution in [2.45, 2.75) is 0 Å². The van der Waals surface area contributed by atoms with Crippen molar-refractivity contribution in [2.75, 3.05) is 5.73 Å². The Morgan fingerprint density at radius 3 is 2.48 bits per heavy atom. The fraction of sp³-hybridized carbons (Fsp3) is 0. The van der Waals surface area contributed by atoms with E-state index in [1.165, 1.54) is 6.20 Å². The van der Waals surface area contributed by atoms with Gasteiger partial charge in [-0.1, -0.05) is 11.6 Å². The number of anilines is 1. The highest BCUT2D eigenvalue weighted by atomic mass is 35.5. The van der Waals surface area contributed by atoms with E-state index in [9.17, 15) is 4.39 Å². The lowest BCUT2D eigenvalue weighted by Crippen LogP contribution is -1.94. The smallest absolute Gasteiger partial charge is 0.255 e. The van der Waals surface area contributed by atoms with Crippen molar-refractivity contribution in [3.05, 3.63) is 65.7 Å². The summed E-state index contributed by atoms with van der Waals surface area (Å²) in [5.41, 5.74) is 7.99. The van der Waals surface area contributed by atoms with Crippen LogP contribution in [0.3, 0.4) is 0 Å². The van der Waals surface area contributed by atoms with Crippen molar-refractivity contribution in [1.82, 2.24) is 9.97 Å².